The molecule has 0 atom stereocenters. The lowest BCUT2D eigenvalue weighted by Gasteiger charge is -2.32. The number of carbonyl (C=O) groups excluding carboxylic acids is 2. The summed E-state index contributed by atoms with van der Waals surface area (Å²) in [6, 6.07) is 13.3. The van der Waals surface area contributed by atoms with E-state index in [0.717, 1.165) is 18.4 Å². The molecule has 0 saturated carbocycles. The van der Waals surface area contributed by atoms with Crippen LogP contribution in [0.25, 0.3) is 11.2 Å². The molecule has 0 bridgehead atoms. The number of nitrogens with zero attached hydrogens (tertiary/aromatic N) is 2. The van der Waals surface area contributed by atoms with E-state index in [0.29, 0.717) is 36.7 Å². The Kier molecular flexibility index (Phi) is 6.42. The Hall–Kier alpha value is -3.46. The van der Waals surface area contributed by atoms with Crippen molar-refractivity contribution in [2.45, 2.75) is 38.4 Å². The van der Waals surface area contributed by atoms with Crippen molar-refractivity contribution in [3.63, 3.8) is 0 Å². The smallest absolute Gasteiger partial charge is 0.325 e. The zero-order valence-electron chi connectivity index (χ0n) is 17.1. The largest absolute Gasteiger partial charge is 0.373 e. The molecule has 162 valence electrons. The Labute approximate surface area is 178 Å². The summed E-state index contributed by atoms with van der Waals surface area (Å²) in [4.78, 5) is 47.0. The molecule has 2 amide bonds. The van der Waals surface area contributed by atoms with E-state index in [4.69, 9.17) is 4.74 Å². The maximum atomic E-state index is 12.5. The number of fused-ring (bicyclic) bond motifs is 1. The van der Waals surface area contributed by atoms with E-state index in [1.165, 1.54) is 0 Å². The minimum Gasteiger partial charge on any atom is -0.373 e. The van der Waals surface area contributed by atoms with Crippen LogP contribution >= 0.6 is 0 Å². The van der Waals surface area contributed by atoms with Gasteiger partial charge in [0.1, 0.15) is 5.82 Å². The molecule has 3 aromatic rings. The number of likely N-dealkylation sites (tertiary alicyclic amines) is 1. The zero-order valence-corrected chi connectivity index (χ0v) is 17.1. The molecule has 0 spiro atoms. The van der Waals surface area contributed by atoms with Gasteiger partial charge in [-0.25, -0.2) is 9.78 Å². The number of piperidine rings is 1. The number of aromatic amines is 2. The maximum absolute atomic E-state index is 12.5. The maximum Gasteiger partial charge on any atom is 0.325 e. The number of ether oxygens (including phenoxy) is 1. The van der Waals surface area contributed by atoms with E-state index >= 15 is 0 Å². The van der Waals surface area contributed by atoms with Gasteiger partial charge in [-0.3, -0.25) is 14.6 Å². The highest BCUT2D eigenvalue weighted by Crippen LogP contribution is 2.17. The molecular weight excluding hydrogens is 398 g/mol. The van der Waals surface area contributed by atoms with Crippen molar-refractivity contribution in [3.05, 3.63) is 58.5 Å². The fraction of sp³-hybridized carbons (Fsp3) is 0.364. The van der Waals surface area contributed by atoms with E-state index in [-0.39, 0.29) is 36.4 Å². The highest BCUT2D eigenvalue weighted by Gasteiger charge is 2.23. The van der Waals surface area contributed by atoms with E-state index in [9.17, 15) is 14.4 Å². The van der Waals surface area contributed by atoms with Gasteiger partial charge in [0.2, 0.25) is 11.8 Å². The van der Waals surface area contributed by atoms with Crippen LogP contribution in [-0.2, 0) is 20.9 Å². The third-order valence-corrected chi connectivity index (χ3v) is 5.33. The predicted octanol–water partition coefficient (Wildman–Crippen LogP) is 2.18. The molecule has 3 N–H and O–H groups in total. The summed E-state index contributed by atoms with van der Waals surface area (Å²) >= 11 is 0. The van der Waals surface area contributed by atoms with Gasteiger partial charge in [0.25, 0.3) is 0 Å². The van der Waals surface area contributed by atoms with Gasteiger partial charge in [-0.05, 0) is 30.5 Å². The topological polar surface area (TPSA) is 120 Å². The third-order valence-electron chi connectivity index (χ3n) is 5.33. The molecule has 3 heterocycles. The van der Waals surface area contributed by atoms with Gasteiger partial charge in [0.15, 0.2) is 5.65 Å². The van der Waals surface area contributed by atoms with Gasteiger partial charge in [-0.1, -0.05) is 30.3 Å². The number of hydrogen-bond acceptors (Lipinski definition) is 5. The first-order valence-electron chi connectivity index (χ1n) is 10.4. The third kappa shape index (κ3) is 5.58. The molecule has 0 radical (unpaired) electrons. The lowest BCUT2D eigenvalue weighted by atomic mass is 10.1. The number of hydrogen-bond donors (Lipinski definition) is 3. The van der Waals surface area contributed by atoms with Crippen LogP contribution in [0.2, 0.25) is 0 Å². The molecule has 4 rings (SSSR count). The van der Waals surface area contributed by atoms with Crippen LogP contribution in [0.3, 0.4) is 0 Å². The van der Waals surface area contributed by atoms with Crippen LogP contribution in [0.5, 0.6) is 0 Å². The van der Waals surface area contributed by atoms with Crippen LogP contribution in [0, 0.1) is 0 Å². The molecule has 2 aromatic heterocycles. The molecule has 0 unspecified atom stereocenters. The first-order valence-corrected chi connectivity index (χ1v) is 10.4. The molecule has 1 fully saturated rings. The van der Waals surface area contributed by atoms with Crippen molar-refractivity contribution in [2.75, 3.05) is 18.4 Å². The normalized spacial score (nSPS) is 14.6. The van der Waals surface area contributed by atoms with Gasteiger partial charge in [-0.2, -0.15) is 0 Å². The van der Waals surface area contributed by atoms with E-state index in [1.54, 1.807) is 17.0 Å². The van der Waals surface area contributed by atoms with Gasteiger partial charge in [0, 0.05) is 25.9 Å². The molecule has 1 aromatic carbocycles. The number of pyridine rings is 1. The summed E-state index contributed by atoms with van der Waals surface area (Å²) < 4.78 is 5.96. The number of amides is 2. The number of benzene rings is 1. The van der Waals surface area contributed by atoms with Crippen LogP contribution < -0.4 is 11.0 Å². The summed E-state index contributed by atoms with van der Waals surface area (Å²) in [5.41, 5.74) is 1.72. The second-order valence-corrected chi connectivity index (χ2v) is 7.60. The summed E-state index contributed by atoms with van der Waals surface area (Å²) in [5.74, 6) is 0.00535. The van der Waals surface area contributed by atoms with Gasteiger partial charge < -0.3 is 19.9 Å². The Morgan fingerprint density at radius 2 is 1.84 bits per heavy atom. The first kappa shape index (κ1) is 20.8. The standard InChI is InChI=1S/C22H25N5O4/c28-19(24-18-7-6-17-21(25-18)26-22(30)23-17)8-9-20(29)27-12-10-16(11-13-27)31-14-15-4-2-1-3-5-15/h1-7,16H,8-14H2,(H3,23,24,25,26,28,30). The number of rotatable bonds is 7. The van der Waals surface area contributed by atoms with Crippen LogP contribution in [0.15, 0.2) is 47.3 Å². The minimum absolute atomic E-state index is 0.0324. The molecule has 9 heteroatoms. The molecule has 9 nitrogen and oxygen atoms in total. The second kappa shape index (κ2) is 9.57. The van der Waals surface area contributed by atoms with Gasteiger partial charge in [-0.15, -0.1) is 0 Å². The predicted molar refractivity (Wildman–Crippen MR) is 115 cm³/mol. The number of nitrogens with one attached hydrogen (secondary N) is 3. The summed E-state index contributed by atoms with van der Waals surface area (Å²) in [6.45, 7) is 1.86. The number of anilines is 1. The molecule has 1 saturated heterocycles. The summed E-state index contributed by atoms with van der Waals surface area (Å²) in [6.07, 6.45) is 1.96. The van der Waals surface area contributed by atoms with Gasteiger partial charge in [0.05, 0.1) is 18.2 Å². The van der Waals surface area contributed by atoms with Crippen LogP contribution in [0.4, 0.5) is 5.82 Å². The summed E-state index contributed by atoms with van der Waals surface area (Å²) in [7, 11) is 0. The highest BCUT2D eigenvalue weighted by atomic mass is 16.5. The van der Waals surface area contributed by atoms with Gasteiger partial charge >= 0.3 is 5.69 Å². The van der Waals surface area contributed by atoms with Crippen molar-refractivity contribution in [3.8, 4) is 0 Å². The lowest BCUT2D eigenvalue weighted by molar-refractivity contribution is -0.135. The second-order valence-electron chi connectivity index (χ2n) is 7.60. The van der Waals surface area contributed by atoms with Crippen molar-refractivity contribution >= 4 is 28.8 Å². The zero-order chi connectivity index (χ0) is 21.6. The minimum atomic E-state index is -0.356. The van der Waals surface area contributed by atoms with Crippen LogP contribution in [0.1, 0.15) is 31.2 Å². The Balaban J connectivity index is 1.18. The quantitative estimate of drug-likeness (QED) is 0.538. The van der Waals surface area contributed by atoms with Crippen molar-refractivity contribution in [2.24, 2.45) is 0 Å². The number of carbonyl (C=O) groups is 2. The average Bonchev–Trinajstić information content (AvgIpc) is 3.16. The van der Waals surface area contributed by atoms with Crippen molar-refractivity contribution in [1.82, 2.24) is 19.9 Å². The molecular formula is C22H25N5O4. The molecule has 31 heavy (non-hydrogen) atoms. The van der Waals surface area contributed by atoms with Crippen molar-refractivity contribution in [1.29, 1.82) is 0 Å². The number of aromatic nitrogens is 3. The van der Waals surface area contributed by atoms with Crippen molar-refractivity contribution < 1.29 is 14.3 Å². The van der Waals surface area contributed by atoms with E-state index < -0.39 is 0 Å². The van der Waals surface area contributed by atoms with E-state index in [2.05, 4.69) is 20.3 Å². The Morgan fingerprint density at radius 3 is 2.61 bits per heavy atom. The molecule has 0 aliphatic carbocycles. The summed E-state index contributed by atoms with van der Waals surface area (Å²) in [5, 5.41) is 2.66. The molecule has 1 aliphatic rings. The number of imidazole rings is 1. The average molecular weight is 423 g/mol. The number of H-pyrrole nitrogens is 2. The SMILES string of the molecule is O=C(CCC(=O)N1CCC(OCc2ccccc2)CC1)Nc1ccc2[nH]c(=O)[nH]c2n1. The Bertz CT molecular complexity index is 1100. The highest BCUT2D eigenvalue weighted by molar-refractivity contribution is 5.93. The lowest BCUT2D eigenvalue weighted by Crippen LogP contribution is -2.41. The first-order chi connectivity index (χ1) is 15.1. The molecule has 1 aliphatic heterocycles. The van der Waals surface area contributed by atoms with E-state index in [1.807, 2.05) is 30.3 Å². The fourth-order valence-electron chi connectivity index (χ4n) is 3.63. The fourth-order valence-corrected chi connectivity index (χ4v) is 3.63. The monoisotopic (exact) mass is 423 g/mol. The van der Waals surface area contributed by atoms with Crippen LogP contribution in [-0.4, -0.2) is 50.9 Å². The Morgan fingerprint density at radius 1 is 1.06 bits per heavy atom.